The van der Waals surface area contributed by atoms with Crippen molar-refractivity contribution < 1.29 is 4.42 Å². The second-order valence-corrected chi connectivity index (χ2v) is 17.1. The van der Waals surface area contributed by atoms with E-state index in [1.54, 1.807) is 0 Å². The zero-order valence-electron chi connectivity index (χ0n) is 31.6. The minimum atomic E-state index is -0.0219. The maximum Gasteiger partial charge on any atom is 0.139 e. The lowest BCUT2D eigenvalue weighted by atomic mass is 9.74. The minimum absolute atomic E-state index is 0.0219. The molecule has 2 atom stereocenters. The van der Waals surface area contributed by atoms with Crippen molar-refractivity contribution >= 4 is 39.1 Å². The van der Waals surface area contributed by atoms with Crippen LogP contribution in [0.2, 0.25) is 0 Å². The molecule has 0 spiro atoms. The van der Waals surface area contributed by atoms with Gasteiger partial charge in [0.15, 0.2) is 0 Å². The molecule has 0 radical (unpaired) electrons. The summed E-state index contributed by atoms with van der Waals surface area (Å²) in [6.45, 7) is 9.65. The summed E-state index contributed by atoms with van der Waals surface area (Å²) in [5, 5.41) is 1.21. The first-order chi connectivity index (χ1) is 26.3. The lowest BCUT2D eigenvalue weighted by Crippen LogP contribution is -2.28. The molecule has 54 heavy (non-hydrogen) atoms. The Bertz CT molecular complexity index is 2660. The molecule has 0 amide bonds. The van der Waals surface area contributed by atoms with Crippen LogP contribution in [0.3, 0.4) is 0 Å². The van der Waals surface area contributed by atoms with Gasteiger partial charge in [-0.05, 0) is 130 Å². The average molecular weight is 700 g/mol. The smallest absolute Gasteiger partial charge is 0.139 e. The van der Waals surface area contributed by atoms with Crippen molar-refractivity contribution in [1.82, 2.24) is 0 Å². The number of nitrogens with zero attached hydrogens (tertiary/aromatic N) is 1. The van der Waals surface area contributed by atoms with Gasteiger partial charge >= 0.3 is 0 Å². The van der Waals surface area contributed by atoms with Gasteiger partial charge in [0.05, 0.1) is 0 Å². The van der Waals surface area contributed by atoms with Crippen molar-refractivity contribution in [3.8, 4) is 0 Å². The van der Waals surface area contributed by atoms with E-state index in [4.69, 9.17) is 4.42 Å². The Labute approximate surface area is 318 Å². The second kappa shape index (κ2) is 11.5. The molecule has 2 unspecified atom stereocenters. The van der Waals surface area contributed by atoms with Crippen molar-refractivity contribution in [2.45, 2.75) is 64.2 Å². The summed E-state index contributed by atoms with van der Waals surface area (Å²) in [4.78, 5) is 2.49. The van der Waals surface area contributed by atoms with Crippen LogP contribution in [0.25, 0.3) is 27.7 Å². The third-order valence-electron chi connectivity index (χ3n) is 13.5. The van der Waals surface area contributed by atoms with Crippen molar-refractivity contribution in [2.75, 3.05) is 4.90 Å². The largest absolute Gasteiger partial charge is 0.456 e. The van der Waals surface area contributed by atoms with E-state index in [-0.39, 0.29) is 10.8 Å². The highest BCUT2D eigenvalue weighted by Gasteiger charge is 2.45. The Kier molecular flexibility index (Phi) is 6.76. The molecule has 11 rings (SSSR count). The number of benzene rings is 4. The first kappa shape index (κ1) is 31.9. The molecule has 0 saturated heterocycles. The highest BCUT2D eigenvalue weighted by atomic mass is 16.3. The lowest BCUT2D eigenvalue weighted by Gasteiger charge is -2.36. The number of hydrogen-bond acceptors (Lipinski definition) is 2. The van der Waals surface area contributed by atoms with Crippen LogP contribution >= 0.6 is 0 Å². The molecule has 264 valence electrons. The number of anilines is 2. The number of hydrogen-bond donors (Lipinski definition) is 0. The SMILES string of the molecule is CC1(C)C2=CCCC=C2c2ccc(C3=C4C=CC=CC4Cc4c3oc3ccc(N(C5=CC=C6c7ccccc7C(C)(C)C6C5)c5ccccc5)cc43)cc21. The van der Waals surface area contributed by atoms with Gasteiger partial charge in [-0.3, -0.25) is 0 Å². The predicted molar refractivity (Wildman–Crippen MR) is 225 cm³/mol. The Balaban J connectivity index is 1.05. The van der Waals surface area contributed by atoms with E-state index in [9.17, 15) is 0 Å². The Morgan fingerprint density at radius 1 is 0.722 bits per heavy atom. The Morgan fingerprint density at radius 2 is 1.56 bits per heavy atom. The number of furan rings is 1. The van der Waals surface area contributed by atoms with Gasteiger partial charge < -0.3 is 9.32 Å². The zero-order chi connectivity index (χ0) is 36.3. The molecule has 0 fully saturated rings. The molecule has 0 bridgehead atoms. The molecule has 5 aromatic rings. The van der Waals surface area contributed by atoms with Gasteiger partial charge in [0.25, 0.3) is 0 Å². The van der Waals surface area contributed by atoms with Crippen LogP contribution in [-0.4, -0.2) is 0 Å². The van der Waals surface area contributed by atoms with Crippen LogP contribution in [0.4, 0.5) is 11.4 Å². The molecule has 6 aliphatic carbocycles. The van der Waals surface area contributed by atoms with Crippen LogP contribution in [0.15, 0.2) is 161 Å². The fourth-order valence-corrected chi connectivity index (χ4v) is 10.8. The van der Waals surface area contributed by atoms with Crippen molar-refractivity contribution in [1.29, 1.82) is 0 Å². The fourth-order valence-electron chi connectivity index (χ4n) is 10.8. The summed E-state index contributed by atoms with van der Waals surface area (Å²) < 4.78 is 7.00. The Morgan fingerprint density at radius 3 is 2.44 bits per heavy atom. The minimum Gasteiger partial charge on any atom is -0.456 e. The van der Waals surface area contributed by atoms with E-state index >= 15 is 0 Å². The number of fused-ring (bicyclic) bond motifs is 10. The highest BCUT2D eigenvalue weighted by molar-refractivity contribution is 5.97. The Hall–Kier alpha value is -5.60. The third-order valence-corrected chi connectivity index (χ3v) is 13.5. The maximum absolute atomic E-state index is 7.00. The van der Waals surface area contributed by atoms with Crippen LogP contribution in [0, 0.1) is 11.8 Å². The van der Waals surface area contributed by atoms with Gasteiger partial charge in [-0.15, -0.1) is 0 Å². The maximum atomic E-state index is 7.00. The summed E-state index contributed by atoms with van der Waals surface area (Å²) in [7, 11) is 0. The van der Waals surface area contributed by atoms with Gasteiger partial charge in [0, 0.05) is 44.9 Å². The summed E-state index contributed by atoms with van der Waals surface area (Å²) >= 11 is 0. The van der Waals surface area contributed by atoms with E-state index in [1.165, 1.54) is 83.7 Å². The van der Waals surface area contributed by atoms with Gasteiger partial charge in [0.1, 0.15) is 11.3 Å². The van der Waals surface area contributed by atoms with E-state index in [2.05, 4.69) is 172 Å². The third kappa shape index (κ3) is 4.46. The highest BCUT2D eigenvalue weighted by Crippen LogP contribution is 2.56. The molecule has 0 saturated carbocycles. The quantitative estimate of drug-likeness (QED) is 0.186. The van der Waals surface area contributed by atoms with E-state index in [1.807, 2.05) is 0 Å². The normalized spacial score (nSPS) is 22.3. The molecule has 1 aromatic heterocycles. The van der Waals surface area contributed by atoms with Crippen LogP contribution in [0.5, 0.6) is 0 Å². The van der Waals surface area contributed by atoms with Gasteiger partial charge in [0.2, 0.25) is 0 Å². The van der Waals surface area contributed by atoms with E-state index in [0.717, 1.165) is 37.0 Å². The fraction of sp³-hybridized carbons (Fsp3) is 0.231. The average Bonchev–Trinajstić information content (AvgIpc) is 3.76. The summed E-state index contributed by atoms with van der Waals surface area (Å²) in [5.74, 6) is 1.75. The van der Waals surface area contributed by atoms with Crippen LogP contribution in [0.1, 0.15) is 86.1 Å². The van der Waals surface area contributed by atoms with Gasteiger partial charge in [-0.25, -0.2) is 0 Å². The molecule has 6 aliphatic rings. The summed E-state index contributed by atoms with van der Waals surface area (Å²) in [6, 6.07) is 34.0. The first-order valence-corrected chi connectivity index (χ1v) is 19.9. The van der Waals surface area contributed by atoms with Crippen LogP contribution in [-0.2, 0) is 17.3 Å². The van der Waals surface area contributed by atoms with E-state index in [0.29, 0.717) is 11.8 Å². The molecular formula is C52H45NO. The molecule has 0 aliphatic heterocycles. The molecule has 2 heteroatoms. The van der Waals surface area contributed by atoms with Gasteiger partial charge in [-0.1, -0.05) is 125 Å². The van der Waals surface area contributed by atoms with Crippen LogP contribution < -0.4 is 4.90 Å². The van der Waals surface area contributed by atoms with E-state index < -0.39 is 0 Å². The number of para-hydroxylation sites is 1. The van der Waals surface area contributed by atoms with Crippen molar-refractivity contribution in [2.24, 2.45) is 11.8 Å². The molecule has 0 N–H and O–H groups in total. The monoisotopic (exact) mass is 699 g/mol. The standard InChI is InChI=1S/C52H45NO/c1-51(2)44-20-12-10-18-38(44)40-25-22-33(29-46(40)51)49-37-17-9-8-14-32(37)28-43-42-30-35(24-27-48(42)54-50(43)49)53(34-15-6-5-7-16-34)36-23-26-41-39-19-11-13-21-45(39)52(3,4)47(41)31-36/h5-9,11,13-27,29-30,32,47H,10,12,28,31H2,1-4H3. The topological polar surface area (TPSA) is 16.4 Å². The van der Waals surface area contributed by atoms with Crippen molar-refractivity contribution in [3.63, 3.8) is 0 Å². The predicted octanol–water partition coefficient (Wildman–Crippen LogP) is 13.3. The number of allylic oxidation sites excluding steroid dienone is 13. The van der Waals surface area contributed by atoms with Gasteiger partial charge in [-0.2, -0.15) is 0 Å². The first-order valence-electron chi connectivity index (χ1n) is 19.9. The molecule has 1 heterocycles. The number of rotatable bonds is 4. The molecular weight excluding hydrogens is 655 g/mol. The molecule has 4 aromatic carbocycles. The summed E-state index contributed by atoms with van der Waals surface area (Å²) in [6.07, 6.45) is 23.0. The summed E-state index contributed by atoms with van der Waals surface area (Å²) in [5.41, 5.74) is 19.9. The zero-order valence-corrected chi connectivity index (χ0v) is 31.6. The molecule has 2 nitrogen and oxygen atoms in total. The second-order valence-electron chi connectivity index (χ2n) is 17.1. The lowest BCUT2D eigenvalue weighted by molar-refractivity contribution is 0.406. The van der Waals surface area contributed by atoms with Crippen molar-refractivity contribution in [3.05, 3.63) is 196 Å².